The molecule has 0 bridgehead atoms. The van der Waals surface area contributed by atoms with Crippen LogP contribution < -0.4 is 17.2 Å². The Morgan fingerprint density at radius 2 is 1.27 bits per heavy atom. The first-order chi connectivity index (χ1) is 5.38. The Morgan fingerprint density at radius 3 is 1.60 bits per heavy atom. The van der Waals surface area contributed by atoms with E-state index in [1.807, 2.05) is 6.07 Å². The lowest BCUT2D eigenvalue weighted by molar-refractivity contribution is 0.866. The van der Waals surface area contributed by atoms with Gasteiger partial charge < -0.3 is 17.2 Å². The Kier molecular flexibility index (Phi) is 20.7. The monoisotopic (exact) mass is 205 g/mol. The van der Waals surface area contributed by atoms with E-state index in [0.29, 0.717) is 0 Å². The molecule has 0 heterocycles. The summed E-state index contributed by atoms with van der Waals surface area (Å²) in [5.41, 5.74) is 1.32. The van der Waals surface area contributed by atoms with Gasteiger partial charge in [0.15, 0.2) is 0 Å². The molecular formula is C10H21B2N3. The zero-order valence-corrected chi connectivity index (χ0v) is 9.82. The maximum absolute atomic E-state index is 2.33. The molecule has 1 aromatic rings. The zero-order valence-electron chi connectivity index (χ0n) is 9.82. The lowest BCUT2D eigenvalue weighted by atomic mass is 10.3. The summed E-state index contributed by atoms with van der Waals surface area (Å²) < 4.78 is 0. The second kappa shape index (κ2) is 13.1. The van der Waals surface area contributed by atoms with E-state index in [2.05, 4.69) is 43.0 Å². The fourth-order valence-electron chi connectivity index (χ4n) is 1.23. The van der Waals surface area contributed by atoms with Gasteiger partial charge in [-0.15, -0.1) is 0 Å². The second-order valence-corrected chi connectivity index (χ2v) is 2.51. The minimum absolute atomic E-state index is 0. The molecule has 6 N–H and O–H groups in total. The summed E-state index contributed by atoms with van der Waals surface area (Å²) >= 11 is 0. The van der Waals surface area contributed by atoms with Crippen molar-refractivity contribution in [2.75, 3.05) is 18.0 Å². The lowest BCUT2D eigenvalue weighted by Gasteiger charge is -2.20. The molecule has 1 aromatic carbocycles. The largest absolute Gasteiger partial charge is 0.372 e. The summed E-state index contributed by atoms with van der Waals surface area (Å²) in [5, 5.41) is 0. The molecule has 0 saturated carbocycles. The van der Waals surface area contributed by atoms with Crippen LogP contribution in [0.2, 0.25) is 0 Å². The molecule has 0 aliphatic heterocycles. The van der Waals surface area contributed by atoms with E-state index in [1.54, 1.807) is 0 Å². The van der Waals surface area contributed by atoms with Crippen LogP contribution in [0.4, 0.5) is 5.69 Å². The van der Waals surface area contributed by atoms with Gasteiger partial charge in [0, 0.05) is 35.6 Å². The van der Waals surface area contributed by atoms with Gasteiger partial charge in [-0.25, -0.2) is 0 Å². The summed E-state index contributed by atoms with van der Waals surface area (Å²) in [7, 11) is 0. The van der Waals surface area contributed by atoms with Crippen molar-refractivity contribution >= 4 is 22.5 Å². The van der Waals surface area contributed by atoms with Gasteiger partial charge in [-0.05, 0) is 26.0 Å². The van der Waals surface area contributed by atoms with E-state index in [9.17, 15) is 0 Å². The van der Waals surface area contributed by atoms with Gasteiger partial charge in [0.05, 0.1) is 0 Å². The SMILES string of the molecule is CCN(CC)c1ccccc1.N.N.[B].[B]. The van der Waals surface area contributed by atoms with E-state index in [4.69, 9.17) is 0 Å². The Bertz CT molecular complexity index is 203. The zero-order chi connectivity index (χ0) is 8.10. The molecule has 0 saturated heterocycles. The molecule has 0 aliphatic carbocycles. The van der Waals surface area contributed by atoms with Crippen molar-refractivity contribution in [2.45, 2.75) is 13.8 Å². The van der Waals surface area contributed by atoms with Gasteiger partial charge >= 0.3 is 0 Å². The molecule has 0 atom stereocenters. The predicted octanol–water partition coefficient (Wildman–Crippen LogP) is 2.10. The van der Waals surface area contributed by atoms with Crippen LogP contribution in [0.3, 0.4) is 0 Å². The van der Waals surface area contributed by atoms with Crippen LogP contribution >= 0.6 is 0 Å². The highest BCUT2D eigenvalue weighted by atomic mass is 15.1. The Labute approximate surface area is 97.6 Å². The topological polar surface area (TPSA) is 73.2 Å². The summed E-state index contributed by atoms with van der Waals surface area (Å²) in [6.45, 7) is 6.52. The van der Waals surface area contributed by atoms with Crippen molar-refractivity contribution in [3.8, 4) is 0 Å². The maximum Gasteiger partial charge on any atom is 0.0365 e. The molecule has 0 aliphatic rings. The molecule has 3 nitrogen and oxygen atoms in total. The van der Waals surface area contributed by atoms with Crippen molar-refractivity contribution in [3.63, 3.8) is 0 Å². The highest BCUT2D eigenvalue weighted by Crippen LogP contribution is 2.11. The highest BCUT2D eigenvalue weighted by molar-refractivity contribution is 5.76. The lowest BCUT2D eigenvalue weighted by Crippen LogP contribution is -2.21. The number of nitrogens with zero attached hydrogens (tertiary/aromatic N) is 1. The van der Waals surface area contributed by atoms with E-state index < -0.39 is 0 Å². The predicted molar refractivity (Wildman–Crippen MR) is 71.6 cm³/mol. The number of benzene rings is 1. The third-order valence-corrected chi connectivity index (χ3v) is 1.88. The number of hydrogen-bond acceptors (Lipinski definition) is 3. The Morgan fingerprint density at radius 1 is 0.867 bits per heavy atom. The van der Waals surface area contributed by atoms with Crippen molar-refractivity contribution in [1.29, 1.82) is 0 Å². The fraction of sp³-hybridized carbons (Fsp3) is 0.400. The van der Waals surface area contributed by atoms with Gasteiger partial charge in [-0.1, -0.05) is 18.2 Å². The minimum atomic E-state index is 0. The van der Waals surface area contributed by atoms with E-state index in [0.717, 1.165) is 13.1 Å². The molecule has 0 unspecified atom stereocenters. The summed E-state index contributed by atoms with van der Waals surface area (Å²) in [5.74, 6) is 0. The van der Waals surface area contributed by atoms with E-state index in [-0.39, 0.29) is 29.1 Å². The summed E-state index contributed by atoms with van der Waals surface area (Å²) in [6.07, 6.45) is 0. The molecule has 1 rings (SSSR count). The molecule has 0 spiro atoms. The molecule has 0 fully saturated rings. The first-order valence-corrected chi connectivity index (χ1v) is 4.18. The van der Waals surface area contributed by atoms with Crippen LogP contribution in [0.1, 0.15) is 13.8 Å². The van der Waals surface area contributed by atoms with E-state index >= 15 is 0 Å². The first-order valence-electron chi connectivity index (χ1n) is 4.18. The fourth-order valence-corrected chi connectivity index (χ4v) is 1.23. The molecule has 82 valence electrons. The van der Waals surface area contributed by atoms with Crippen molar-refractivity contribution in [2.24, 2.45) is 0 Å². The van der Waals surface area contributed by atoms with E-state index in [1.165, 1.54) is 5.69 Å². The average molecular weight is 205 g/mol. The number of hydrogen-bond donors (Lipinski definition) is 2. The number of para-hydroxylation sites is 1. The molecule has 6 radical (unpaired) electrons. The smallest absolute Gasteiger partial charge is 0.0365 e. The van der Waals surface area contributed by atoms with Crippen molar-refractivity contribution in [1.82, 2.24) is 12.3 Å². The standard InChI is InChI=1S/C10H15N.2B.2H3N/c1-3-11(4-2)10-8-6-5-7-9-10;;;;/h5-9H,3-4H2,1-2H3;;;2*1H3. The normalized spacial score (nSPS) is 7.07. The molecule has 0 amide bonds. The molecule has 15 heavy (non-hydrogen) atoms. The minimum Gasteiger partial charge on any atom is -0.372 e. The average Bonchev–Trinajstić information content (AvgIpc) is 2.09. The van der Waals surface area contributed by atoms with Crippen LogP contribution in [0.25, 0.3) is 0 Å². The Hall–Kier alpha value is -0.930. The first kappa shape index (κ1) is 23.7. The molecule has 0 aromatic heterocycles. The van der Waals surface area contributed by atoms with Gasteiger partial charge in [0.25, 0.3) is 0 Å². The number of rotatable bonds is 3. The maximum atomic E-state index is 2.33. The van der Waals surface area contributed by atoms with Gasteiger partial charge in [-0.3, -0.25) is 0 Å². The van der Waals surface area contributed by atoms with Crippen LogP contribution in [0.5, 0.6) is 0 Å². The number of anilines is 1. The third-order valence-electron chi connectivity index (χ3n) is 1.88. The van der Waals surface area contributed by atoms with Crippen molar-refractivity contribution < 1.29 is 0 Å². The second-order valence-electron chi connectivity index (χ2n) is 2.51. The molecule has 5 heteroatoms. The van der Waals surface area contributed by atoms with Crippen LogP contribution in [-0.2, 0) is 0 Å². The highest BCUT2D eigenvalue weighted by Gasteiger charge is 1.97. The van der Waals surface area contributed by atoms with Gasteiger partial charge in [0.1, 0.15) is 0 Å². The van der Waals surface area contributed by atoms with Crippen LogP contribution in [0.15, 0.2) is 30.3 Å². The van der Waals surface area contributed by atoms with Crippen molar-refractivity contribution in [3.05, 3.63) is 30.3 Å². The summed E-state index contributed by atoms with van der Waals surface area (Å²) in [4.78, 5) is 2.33. The molecular weight excluding hydrogens is 184 g/mol. The third kappa shape index (κ3) is 7.05. The van der Waals surface area contributed by atoms with Gasteiger partial charge in [-0.2, -0.15) is 0 Å². The van der Waals surface area contributed by atoms with Crippen LogP contribution in [0, 0.1) is 0 Å². The Balaban J connectivity index is -0.000000151. The van der Waals surface area contributed by atoms with Crippen LogP contribution in [-0.4, -0.2) is 29.9 Å². The van der Waals surface area contributed by atoms with Gasteiger partial charge in [0.2, 0.25) is 0 Å². The summed E-state index contributed by atoms with van der Waals surface area (Å²) in [6, 6.07) is 10.5. The quantitative estimate of drug-likeness (QED) is 0.741.